The lowest BCUT2D eigenvalue weighted by atomic mass is 9.78. The van der Waals surface area contributed by atoms with Crippen LogP contribution in [0.15, 0.2) is 24.3 Å². The van der Waals surface area contributed by atoms with Crippen molar-refractivity contribution in [3.63, 3.8) is 0 Å². The van der Waals surface area contributed by atoms with Crippen molar-refractivity contribution < 1.29 is 14.2 Å². The zero-order chi connectivity index (χ0) is 13.5. The molecule has 2 aliphatic heterocycles. The molecule has 1 aromatic carbocycles. The molecule has 2 saturated heterocycles. The summed E-state index contributed by atoms with van der Waals surface area (Å²) in [7, 11) is 2.11. The van der Waals surface area contributed by atoms with E-state index < -0.39 is 5.60 Å². The summed E-state index contributed by atoms with van der Waals surface area (Å²) in [6.45, 7) is 1.39. The van der Waals surface area contributed by atoms with Crippen molar-refractivity contribution in [1.29, 1.82) is 0 Å². The minimum atomic E-state index is -0.691. The molecule has 0 amide bonds. The smallest absolute Gasteiger partial charge is 0.123 e. The standard InChI is InChI=1S/C15H20FNO2/c1-17-13-7-15(18,8-14(17)10-19-9-13)6-11-2-4-12(16)5-3-11/h2-5,13-14,18H,6-10H2,1H3. The Hall–Kier alpha value is -0.970. The van der Waals surface area contributed by atoms with Gasteiger partial charge in [-0.25, -0.2) is 4.39 Å². The monoisotopic (exact) mass is 265 g/mol. The molecule has 1 aromatic rings. The topological polar surface area (TPSA) is 32.7 Å². The molecule has 2 atom stereocenters. The summed E-state index contributed by atoms with van der Waals surface area (Å²) >= 11 is 0. The minimum Gasteiger partial charge on any atom is -0.389 e. The first-order valence-electron chi connectivity index (χ1n) is 6.82. The summed E-state index contributed by atoms with van der Waals surface area (Å²) in [6, 6.07) is 7.02. The van der Waals surface area contributed by atoms with E-state index in [1.165, 1.54) is 12.1 Å². The first-order chi connectivity index (χ1) is 9.06. The fourth-order valence-electron chi connectivity index (χ4n) is 3.37. The zero-order valence-electron chi connectivity index (χ0n) is 11.2. The quantitative estimate of drug-likeness (QED) is 0.881. The maximum Gasteiger partial charge on any atom is 0.123 e. The highest BCUT2D eigenvalue weighted by Gasteiger charge is 2.44. The van der Waals surface area contributed by atoms with Gasteiger partial charge in [-0.1, -0.05) is 12.1 Å². The molecule has 3 rings (SSSR count). The Morgan fingerprint density at radius 1 is 1.26 bits per heavy atom. The van der Waals surface area contributed by atoms with Crippen LogP contribution < -0.4 is 0 Å². The predicted octanol–water partition coefficient (Wildman–Crippen LogP) is 1.59. The van der Waals surface area contributed by atoms with Gasteiger partial charge in [0.25, 0.3) is 0 Å². The van der Waals surface area contributed by atoms with Crippen LogP contribution in [-0.4, -0.2) is 48.0 Å². The number of benzene rings is 1. The van der Waals surface area contributed by atoms with Gasteiger partial charge in [0, 0.05) is 18.5 Å². The Kier molecular flexibility index (Phi) is 3.33. The average Bonchev–Trinajstić information content (AvgIpc) is 2.35. The normalized spacial score (nSPS) is 35.3. The summed E-state index contributed by atoms with van der Waals surface area (Å²) in [4.78, 5) is 2.32. The summed E-state index contributed by atoms with van der Waals surface area (Å²) in [6.07, 6.45) is 2.03. The maximum atomic E-state index is 12.9. The van der Waals surface area contributed by atoms with Gasteiger partial charge in [0.2, 0.25) is 0 Å². The molecule has 0 saturated carbocycles. The molecular formula is C15H20FNO2. The molecule has 104 valence electrons. The van der Waals surface area contributed by atoms with Crippen LogP contribution in [0.25, 0.3) is 0 Å². The number of morpholine rings is 1. The number of ether oxygens (including phenoxy) is 1. The Morgan fingerprint density at radius 2 is 1.84 bits per heavy atom. The zero-order valence-corrected chi connectivity index (χ0v) is 11.2. The third-order valence-electron chi connectivity index (χ3n) is 4.45. The summed E-state index contributed by atoms with van der Waals surface area (Å²) in [5.41, 5.74) is 0.302. The van der Waals surface area contributed by atoms with E-state index in [9.17, 15) is 9.50 Å². The van der Waals surface area contributed by atoms with Gasteiger partial charge < -0.3 is 9.84 Å². The van der Waals surface area contributed by atoms with Crippen molar-refractivity contribution in [3.8, 4) is 0 Å². The second kappa shape index (κ2) is 4.85. The van der Waals surface area contributed by atoms with Crippen LogP contribution in [-0.2, 0) is 11.2 Å². The minimum absolute atomic E-state index is 0.232. The van der Waals surface area contributed by atoms with Crippen molar-refractivity contribution in [2.45, 2.75) is 36.9 Å². The van der Waals surface area contributed by atoms with Gasteiger partial charge in [0.05, 0.1) is 18.8 Å². The molecule has 2 bridgehead atoms. The first kappa shape index (κ1) is 13.0. The van der Waals surface area contributed by atoms with E-state index in [0.29, 0.717) is 19.6 Å². The van der Waals surface area contributed by atoms with Gasteiger partial charge in [-0.3, -0.25) is 4.90 Å². The fraction of sp³-hybridized carbons (Fsp3) is 0.600. The number of aliphatic hydroxyl groups is 1. The van der Waals surface area contributed by atoms with Crippen LogP contribution in [0.4, 0.5) is 4.39 Å². The summed E-state index contributed by atoms with van der Waals surface area (Å²) in [5.74, 6) is -0.232. The van der Waals surface area contributed by atoms with Crippen molar-refractivity contribution in [2.24, 2.45) is 0 Å². The molecule has 2 heterocycles. The molecule has 2 fully saturated rings. The summed E-state index contributed by atoms with van der Waals surface area (Å²) in [5, 5.41) is 10.8. The average molecular weight is 265 g/mol. The Labute approximate surface area is 113 Å². The molecular weight excluding hydrogens is 245 g/mol. The fourth-order valence-corrected chi connectivity index (χ4v) is 3.37. The van der Waals surface area contributed by atoms with E-state index in [2.05, 4.69) is 11.9 Å². The molecule has 4 heteroatoms. The Bertz CT molecular complexity index is 434. The van der Waals surface area contributed by atoms with Crippen LogP contribution in [0, 0.1) is 5.82 Å². The highest BCUT2D eigenvalue weighted by molar-refractivity contribution is 5.19. The maximum absolute atomic E-state index is 12.9. The molecule has 2 aliphatic rings. The van der Waals surface area contributed by atoms with Gasteiger partial charge >= 0.3 is 0 Å². The number of hydrogen-bond donors (Lipinski definition) is 1. The van der Waals surface area contributed by atoms with Crippen LogP contribution in [0.3, 0.4) is 0 Å². The second-order valence-corrected chi connectivity index (χ2v) is 5.95. The number of halogens is 1. The van der Waals surface area contributed by atoms with Crippen molar-refractivity contribution in [3.05, 3.63) is 35.6 Å². The lowest BCUT2D eigenvalue weighted by molar-refractivity contribution is -0.133. The molecule has 3 nitrogen and oxygen atoms in total. The number of nitrogens with zero attached hydrogens (tertiary/aromatic N) is 1. The van der Waals surface area contributed by atoms with Gasteiger partial charge in [-0.15, -0.1) is 0 Å². The third kappa shape index (κ3) is 2.66. The van der Waals surface area contributed by atoms with Gasteiger partial charge in [-0.05, 0) is 37.6 Å². The van der Waals surface area contributed by atoms with E-state index in [1.807, 2.05) is 0 Å². The largest absolute Gasteiger partial charge is 0.389 e. The lowest BCUT2D eigenvalue weighted by Crippen LogP contribution is -2.60. The van der Waals surface area contributed by atoms with Crippen LogP contribution >= 0.6 is 0 Å². The van der Waals surface area contributed by atoms with Gasteiger partial charge in [0.15, 0.2) is 0 Å². The van der Waals surface area contributed by atoms with Crippen LogP contribution in [0.1, 0.15) is 18.4 Å². The van der Waals surface area contributed by atoms with Crippen LogP contribution in [0.2, 0.25) is 0 Å². The Morgan fingerprint density at radius 3 is 2.42 bits per heavy atom. The third-order valence-corrected chi connectivity index (χ3v) is 4.45. The van der Waals surface area contributed by atoms with Crippen LogP contribution in [0.5, 0.6) is 0 Å². The van der Waals surface area contributed by atoms with E-state index in [4.69, 9.17) is 4.74 Å². The number of rotatable bonds is 2. The summed E-state index contributed by atoms with van der Waals surface area (Å²) < 4.78 is 18.5. The molecule has 2 unspecified atom stereocenters. The highest BCUT2D eigenvalue weighted by Crippen LogP contribution is 2.35. The van der Waals surface area contributed by atoms with Crippen molar-refractivity contribution in [1.82, 2.24) is 4.90 Å². The molecule has 19 heavy (non-hydrogen) atoms. The van der Waals surface area contributed by atoms with Crippen molar-refractivity contribution >= 4 is 0 Å². The second-order valence-electron chi connectivity index (χ2n) is 5.95. The number of likely N-dealkylation sites (N-methyl/N-ethyl adjacent to an activating group) is 1. The number of hydrogen-bond acceptors (Lipinski definition) is 3. The van der Waals surface area contributed by atoms with E-state index in [0.717, 1.165) is 18.4 Å². The SMILES string of the molecule is CN1C2COCC1CC(O)(Cc1ccc(F)cc1)C2. The Balaban J connectivity index is 1.75. The molecule has 0 aliphatic carbocycles. The lowest BCUT2D eigenvalue weighted by Gasteiger charge is -2.50. The number of piperidine rings is 1. The highest BCUT2D eigenvalue weighted by atomic mass is 19.1. The molecule has 0 radical (unpaired) electrons. The van der Waals surface area contributed by atoms with Gasteiger partial charge in [-0.2, -0.15) is 0 Å². The van der Waals surface area contributed by atoms with E-state index in [-0.39, 0.29) is 17.9 Å². The van der Waals surface area contributed by atoms with E-state index >= 15 is 0 Å². The molecule has 0 aromatic heterocycles. The molecule has 0 spiro atoms. The molecule has 1 N–H and O–H groups in total. The van der Waals surface area contributed by atoms with E-state index in [1.54, 1.807) is 12.1 Å². The van der Waals surface area contributed by atoms with Gasteiger partial charge in [0.1, 0.15) is 5.82 Å². The first-order valence-corrected chi connectivity index (χ1v) is 6.82. The predicted molar refractivity (Wildman–Crippen MR) is 70.4 cm³/mol. The number of fused-ring (bicyclic) bond motifs is 2. The van der Waals surface area contributed by atoms with Crippen molar-refractivity contribution in [2.75, 3.05) is 20.3 Å².